The first-order valence-electron chi connectivity index (χ1n) is 7.65. The molecule has 5 nitrogen and oxygen atoms in total. The zero-order valence-corrected chi connectivity index (χ0v) is 12.4. The lowest BCUT2D eigenvalue weighted by Gasteiger charge is -2.34. The van der Waals surface area contributed by atoms with Crippen molar-refractivity contribution < 1.29 is 9.59 Å². The standard InChI is InChI=1S/C16H21N3O2/c1-12-5-6-13(10-17-12)11-18-9-7-15(20)19-8-3-2-4-14(19)16(18)21/h5-6,10,14H,2-4,7-9,11H2,1H3. The maximum absolute atomic E-state index is 12.7. The molecule has 2 amide bonds. The molecule has 2 saturated heterocycles. The molecule has 1 unspecified atom stereocenters. The monoisotopic (exact) mass is 287 g/mol. The average Bonchev–Trinajstić information content (AvgIpc) is 2.62. The van der Waals surface area contributed by atoms with Crippen LogP contribution in [-0.4, -0.2) is 45.7 Å². The van der Waals surface area contributed by atoms with Gasteiger partial charge in [-0.25, -0.2) is 0 Å². The summed E-state index contributed by atoms with van der Waals surface area (Å²) in [6.45, 7) is 3.73. The number of amides is 2. The second kappa shape index (κ2) is 5.84. The Morgan fingerprint density at radius 3 is 2.86 bits per heavy atom. The summed E-state index contributed by atoms with van der Waals surface area (Å²) >= 11 is 0. The normalized spacial score (nSPS) is 23.0. The van der Waals surface area contributed by atoms with Crippen LogP contribution in [0.5, 0.6) is 0 Å². The molecular weight excluding hydrogens is 266 g/mol. The van der Waals surface area contributed by atoms with Gasteiger partial charge in [0.2, 0.25) is 11.8 Å². The first-order valence-corrected chi connectivity index (χ1v) is 7.65. The number of carbonyl (C=O) groups excluding carboxylic acids is 2. The Balaban J connectivity index is 1.77. The van der Waals surface area contributed by atoms with E-state index in [1.165, 1.54) is 0 Å². The van der Waals surface area contributed by atoms with Crippen LogP contribution in [0.4, 0.5) is 0 Å². The summed E-state index contributed by atoms with van der Waals surface area (Å²) in [7, 11) is 0. The largest absolute Gasteiger partial charge is 0.336 e. The van der Waals surface area contributed by atoms with Crippen molar-refractivity contribution in [3.63, 3.8) is 0 Å². The van der Waals surface area contributed by atoms with Gasteiger partial charge in [0.1, 0.15) is 6.04 Å². The fourth-order valence-corrected chi connectivity index (χ4v) is 3.15. The number of fused-ring (bicyclic) bond motifs is 1. The van der Waals surface area contributed by atoms with E-state index in [0.29, 0.717) is 19.5 Å². The molecule has 3 rings (SSSR count). The van der Waals surface area contributed by atoms with E-state index in [-0.39, 0.29) is 17.9 Å². The van der Waals surface area contributed by atoms with E-state index in [1.807, 2.05) is 30.2 Å². The van der Waals surface area contributed by atoms with Crippen molar-refractivity contribution in [3.8, 4) is 0 Å². The molecule has 1 atom stereocenters. The van der Waals surface area contributed by atoms with Gasteiger partial charge in [-0.05, 0) is 37.8 Å². The summed E-state index contributed by atoms with van der Waals surface area (Å²) < 4.78 is 0. The molecule has 112 valence electrons. The van der Waals surface area contributed by atoms with Crippen LogP contribution in [0, 0.1) is 6.92 Å². The van der Waals surface area contributed by atoms with E-state index < -0.39 is 0 Å². The summed E-state index contributed by atoms with van der Waals surface area (Å²) in [6.07, 6.45) is 5.08. The SMILES string of the molecule is Cc1ccc(CN2CCC(=O)N3CCCCC3C2=O)cn1. The fraction of sp³-hybridized carbons (Fsp3) is 0.562. The minimum absolute atomic E-state index is 0.0983. The van der Waals surface area contributed by atoms with Gasteiger partial charge in [0.15, 0.2) is 0 Å². The van der Waals surface area contributed by atoms with Crippen LogP contribution in [0.15, 0.2) is 18.3 Å². The van der Waals surface area contributed by atoms with Crippen molar-refractivity contribution in [3.05, 3.63) is 29.6 Å². The van der Waals surface area contributed by atoms with Gasteiger partial charge >= 0.3 is 0 Å². The number of carbonyl (C=O) groups is 2. The van der Waals surface area contributed by atoms with Crippen molar-refractivity contribution in [2.45, 2.75) is 45.2 Å². The van der Waals surface area contributed by atoms with E-state index >= 15 is 0 Å². The third-order valence-electron chi connectivity index (χ3n) is 4.36. The average molecular weight is 287 g/mol. The Morgan fingerprint density at radius 1 is 1.24 bits per heavy atom. The van der Waals surface area contributed by atoms with E-state index in [0.717, 1.165) is 37.1 Å². The molecule has 1 aromatic heterocycles. The lowest BCUT2D eigenvalue weighted by molar-refractivity contribution is -0.143. The third-order valence-corrected chi connectivity index (χ3v) is 4.36. The van der Waals surface area contributed by atoms with Gasteiger partial charge in [0.25, 0.3) is 0 Å². The smallest absolute Gasteiger partial charge is 0.245 e. The van der Waals surface area contributed by atoms with Crippen LogP contribution in [0.3, 0.4) is 0 Å². The molecular formula is C16H21N3O2. The van der Waals surface area contributed by atoms with Crippen LogP contribution in [0.1, 0.15) is 36.9 Å². The van der Waals surface area contributed by atoms with Gasteiger partial charge in [-0.3, -0.25) is 14.6 Å². The van der Waals surface area contributed by atoms with Gasteiger partial charge in [0.05, 0.1) is 0 Å². The van der Waals surface area contributed by atoms with E-state index in [2.05, 4.69) is 4.98 Å². The molecule has 2 aliphatic rings. The molecule has 0 radical (unpaired) electrons. The predicted molar refractivity (Wildman–Crippen MR) is 78.4 cm³/mol. The Bertz CT molecular complexity index is 541. The van der Waals surface area contributed by atoms with Crippen molar-refractivity contribution in [1.29, 1.82) is 0 Å². The molecule has 0 aromatic carbocycles. The van der Waals surface area contributed by atoms with Crippen LogP contribution in [0.2, 0.25) is 0 Å². The number of hydrogen-bond acceptors (Lipinski definition) is 3. The predicted octanol–water partition coefficient (Wildman–Crippen LogP) is 1.50. The first kappa shape index (κ1) is 14.0. The van der Waals surface area contributed by atoms with Gasteiger partial charge in [-0.1, -0.05) is 6.07 Å². The second-order valence-corrected chi connectivity index (χ2v) is 5.92. The number of pyridine rings is 1. The number of piperidine rings is 1. The minimum atomic E-state index is -0.243. The molecule has 3 heterocycles. The number of nitrogens with zero attached hydrogens (tertiary/aromatic N) is 3. The Kier molecular flexibility index (Phi) is 3.90. The Morgan fingerprint density at radius 2 is 2.10 bits per heavy atom. The van der Waals surface area contributed by atoms with Crippen molar-refractivity contribution in [2.75, 3.05) is 13.1 Å². The molecule has 0 N–H and O–H groups in total. The zero-order valence-electron chi connectivity index (χ0n) is 12.4. The summed E-state index contributed by atoms with van der Waals surface area (Å²) in [4.78, 5) is 32.8. The van der Waals surface area contributed by atoms with Crippen LogP contribution < -0.4 is 0 Å². The molecule has 0 saturated carbocycles. The van der Waals surface area contributed by atoms with Crippen molar-refractivity contribution in [1.82, 2.24) is 14.8 Å². The van der Waals surface area contributed by atoms with Gasteiger partial charge in [0, 0.05) is 37.9 Å². The van der Waals surface area contributed by atoms with Crippen molar-refractivity contribution in [2.24, 2.45) is 0 Å². The van der Waals surface area contributed by atoms with Crippen LogP contribution >= 0.6 is 0 Å². The highest BCUT2D eigenvalue weighted by Gasteiger charge is 2.37. The summed E-state index contributed by atoms with van der Waals surface area (Å²) in [5.41, 5.74) is 1.99. The lowest BCUT2D eigenvalue weighted by Crippen LogP contribution is -2.49. The highest BCUT2D eigenvalue weighted by Crippen LogP contribution is 2.23. The molecule has 0 spiro atoms. The molecule has 2 aliphatic heterocycles. The van der Waals surface area contributed by atoms with Gasteiger partial charge < -0.3 is 9.80 Å². The Labute approximate surface area is 124 Å². The maximum Gasteiger partial charge on any atom is 0.245 e. The minimum Gasteiger partial charge on any atom is -0.336 e. The van der Waals surface area contributed by atoms with Crippen LogP contribution in [0.25, 0.3) is 0 Å². The van der Waals surface area contributed by atoms with Gasteiger partial charge in [-0.2, -0.15) is 0 Å². The number of hydrogen-bond donors (Lipinski definition) is 0. The van der Waals surface area contributed by atoms with E-state index in [9.17, 15) is 9.59 Å². The molecule has 2 fully saturated rings. The first-order chi connectivity index (χ1) is 10.1. The molecule has 0 aliphatic carbocycles. The highest BCUT2D eigenvalue weighted by molar-refractivity contribution is 5.90. The fourth-order valence-electron chi connectivity index (χ4n) is 3.15. The van der Waals surface area contributed by atoms with Crippen molar-refractivity contribution >= 4 is 11.8 Å². The third kappa shape index (κ3) is 2.91. The molecule has 0 bridgehead atoms. The summed E-state index contributed by atoms with van der Waals surface area (Å²) in [6, 6.07) is 3.71. The maximum atomic E-state index is 12.7. The highest BCUT2D eigenvalue weighted by atomic mass is 16.2. The lowest BCUT2D eigenvalue weighted by atomic mass is 10.0. The summed E-state index contributed by atoms with van der Waals surface area (Å²) in [5.74, 6) is 0.221. The number of aryl methyl sites for hydroxylation is 1. The number of rotatable bonds is 2. The molecule has 21 heavy (non-hydrogen) atoms. The quantitative estimate of drug-likeness (QED) is 0.828. The molecule has 1 aromatic rings. The topological polar surface area (TPSA) is 53.5 Å². The second-order valence-electron chi connectivity index (χ2n) is 5.92. The number of aromatic nitrogens is 1. The Hall–Kier alpha value is -1.91. The zero-order chi connectivity index (χ0) is 14.8. The van der Waals surface area contributed by atoms with Crippen LogP contribution in [-0.2, 0) is 16.1 Å². The summed E-state index contributed by atoms with van der Waals surface area (Å²) in [5, 5.41) is 0. The molecule has 5 heteroatoms. The van der Waals surface area contributed by atoms with E-state index in [1.54, 1.807) is 4.90 Å². The van der Waals surface area contributed by atoms with E-state index in [4.69, 9.17) is 0 Å². The van der Waals surface area contributed by atoms with Gasteiger partial charge in [-0.15, -0.1) is 0 Å².